The zero-order valence-electron chi connectivity index (χ0n) is 30.7. The maximum Gasteiger partial charge on any atom is 0.243 e. The highest BCUT2D eigenvalue weighted by Crippen LogP contribution is 2.34. The van der Waals surface area contributed by atoms with Gasteiger partial charge in [-0.15, -0.1) is 0 Å². The van der Waals surface area contributed by atoms with Gasteiger partial charge in [-0.1, -0.05) is 42.3 Å². The Balaban J connectivity index is 1.19. The molecule has 5 rings (SSSR count). The molecule has 0 unspecified atom stereocenters. The summed E-state index contributed by atoms with van der Waals surface area (Å²) in [5.41, 5.74) is 12.2. The number of aryl methyl sites for hydroxylation is 2. The highest BCUT2D eigenvalue weighted by Gasteiger charge is 2.41. The maximum atomic E-state index is 13.9. The number of pyridine rings is 1. The van der Waals surface area contributed by atoms with Crippen LogP contribution in [0.2, 0.25) is 10.0 Å². The van der Waals surface area contributed by atoms with Crippen molar-refractivity contribution in [3.05, 3.63) is 63.3 Å². The number of amides is 2. The average molecular weight is 791 g/mol. The molecule has 2 fully saturated rings. The summed E-state index contributed by atoms with van der Waals surface area (Å²) in [5.74, 6) is 0.213. The van der Waals surface area contributed by atoms with E-state index in [4.69, 9.17) is 39.4 Å². The van der Waals surface area contributed by atoms with Crippen molar-refractivity contribution in [2.75, 3.05) is 72.0 Å². The summed E-state index contributed by atoms with van der Waals surface area (Å²) in [6, 6.07) is 10.4. The maximum absolute atomic E-state index is 13.9. The van der Waals surface area contributed by atoms with Gasteiger partial charge >= 0.3 is 0 Å². The number of benzene rings is 2. The summed E-state index contributed by atoms with van der Waals surface area (Å²) in [7, 11) is -4.31. The van der Waals surface area contributed by atoms with Gasteiger partial charge in [0.05, 0.1) is 18.1 Å². The molecule has 0 spiro atoms. The Morgan fingerprint density at radius 1 is 0.981 bits per heavy atom. The smallest absolute Gasteiger partial charge is 0.243 e. The normalized spacial score (nSPS) is 17.1. The Bertz CT molecular complexity index is 1960. The van der Waals surface area contributed by atoms with Gasteiger partial charge in [0, 0.05) is 80.6 Å². The minimum atomic E-state index is -4.31. The molecule has 2 saturated heterocycles. The number of sulfonamides is 1. The van der Waals surface area contributed by atoms with Gasteiger partial charge in [-0.2, -0.15) is 4.72 Å². The number of fused-ring (bicyclic) bond motifs is 1. The zero-order chi connectivity index (χ0) is 38.5. The summed E-state index contributed by atoms with van der Waals surface area (Å²) in [6.45, 7) is 13.1. The standard InChI is InChI=1S/C36H49Cl2N9O5S/c1-5-36(4,34(49)47-19-17-46(18-20-47)31(48)22-45-15-13-44(14-16-45)12-11-41-35(39)40)43-53(50,51)30-10-9-28(37)27(32(30)38)23-52-29-8-6-7-26-24(2)21-25(3)42-33(26)29/h6-10,21,43H,5,11-20,22-23H2,1-4H3,(H4,39,40,41)/t36-/m1/s1. The third-order valence-corrected chi connectivity index (χ3v) is 12.5. The van der Waals surface area contributed by atoms with Gasteiger partial charge in [0.15, 0.2) is 5.96 Å². The van der Waals surface area contributed by atoms with E-state index in [1.54, 1.807) is 29.7 Å². The van der Waals surface area contributed by atoms with Crippen molar-refractivity contribution in [2.45, 2.75) is 51.2 Å². The van der Waals surface area contributed by atoms with Crippen molar-refractivity contribution in [1.29, 1.82) is 0 Å². The first-order valence-corrected chi connectivity index (χ1v) is 19.9. The van der Waals surface area contributed by atoms with Crippen LogP contribution in [0.25, 0.3) is 10.9 Å². The van der Waals surface area contributed by atoms with E-state index in [-0.39, 0.29) is 64.4 Å². The largest absolute Gasteiger partial charge is 0.487 e. The molecule has 0 saturated carbocycles. The molecular formula is C36H49Cl2N9O5S. The lowest BCUT2D eigenvalue weighted by atomic mass is 9.98. The van der Waals surface area contributed by atoms with Crippen molar-refractivity contribution in [2.24, 2.45) is 16.5 Å². The first-order valence-electron chi connectivity index (χ1n) is 17.7. The topological polar surface area (TPSA) is 180 Å². The van der Waals surface area contributed by atoms with Gasteiger partial charge in [-0.05, 0) is 57.0 Å². The molecule has 2 aliphatic heterocycles. The number of carbonyl (C=O) groups is 2. The van der Waals surface area contributed by atoms with Crippen molar-refractivity contribution in [1.82, 2.24) is 29.3 Å². The SMILES string of the molecule is CC[C@@](C)(NS(=O)(=O)c1ccc(Cl)c(COc2cccc3c(C)cc(C)nc23)c1Cl)C(=O)N1CCN(C(=O)CN2CCN(CCN=C(N)N)CC2)CC1. The molecule has 1 atom stereocenters. The highest BCUT2D eigenvalue weighted by molar-refractivity contribution is 7.89. The van der Waals surface area contributed by atoms with Crippen LogP contribution in [0.5, 0.6) is 5.75 Å². The summed E-state index contributed by atoms with van der Waals surface area (Å²) in [5, 5.41) is 1.07. The molecule has 288 valence electrons. The third kappa shape index (κ3) is 9.69. The lowest BCUT2D eigenvalue weighted by Crippen LogP contribution is -2.61. The Labute approximate surface area is 321 Å². The van der Waals surface area contributed by atoms with Gasteiger partial charge < -0.3 is 26.0 Å². The summed E-state index contributed by atoms with van der Waals surface area (Å²) >= 11 is 13.3. The van der Waals surface area contributed by atoms with Gasteiger partial charge in [-0.25, -0.2) is 13.4 Å². The van der Waals surface area contributed by atoms with Crippen LogP contribution in [-0.4, -0.2) is 128 Å². The second-order valence-corrected chi connectivity index (χ2v) is 16.2. The molecule has 2 aliphatic rings. The molecule has 0 radical (unpaired) electrons. The average Bonchev–Trinajstić information content (AvgIpc) is 3.11. The second-order valence-electron chi connectivity index (χ2n) is 13.7. The molecule has 53 heavy (non-hydrogen) atoms. The van der Waals surface area contributed by atoms with Crippen LogP contribution in [0.3, 0.4) is 0 Å². The molecule has 2 aromatic carbocycles. The fraction of sp³-hybridized carbons (Fsp3) is 0.500. The van der Waals surface area contributed by atoms with E-state index in [1.165, 1.54) is 12.1 Å². The van der Waals surface area contributed by atoms with Crippen molar-refractivity contribution >= 4 is 61.9 Å². The van der Waals surface area contributed by atoms with Gasteiger partial charge in [0.1, 0.15) is 28.3 Å². The van der Waals surface area contributed by atoms with Gasteiger partial charge in [0.2, 0.25) is 21.8 Å². The van der Waals surface area contributed by atoms with Crippen LogP contribution >= 0.6 is 23.2 Å². The van der Waals surface area contributed by atoms with E-state index in [9.17, 15) is 18.0 Å². The zero-order valence-corrected chi connectivity index (χ0v) is 33.0. The van der Waals surface area contributed by atoms with Crippen LogP contribution < -0.4 is 20.9 Å². The summed E-state index contributed by atoms with van der Waals surface area (Å²) in [6.07, 6.45) is 0.177. The lowest BCUT2D eigenvalue weighted by Gasteiger charge is -2.40. The van der Waals surface area contributed by atoms with E-state index in [0.717, 1.165) is 49.4 Å². The van der Waals surface area contributed by atoms with E-state index in [2.05, 4.69) is 24.5 Å². The number of piperazine rings is 2. The van der Waals surface area contributed by atoms with Crippen molar-refractivity contribution < 1.29 is 22.7 Å². The molecule has 3 heterocycles. The second kappa shape index (κ2) is 17.2. The lowest BCUT2D eigenvalue weighted by molar-refractivity contribution is -0.143. The summed E-state index contributed by atoms with van der Waals surface area (Å²) in [4.78, 5) is 43.3. The number of hydrogen-bond acceptors (Lipinski definition) is 9. The van der Waals surface area contributed by atoms with E-state index < -0.39 is 15.6 Å². The quantitative estimate of drug-likeness (QED) is 0.172. The molecule has 0 bridgehead atoms. The Kier molecular flexibility index (Phi) is 13.1. The number of carbonyl (C=O) groups excluding carboxylic acids is 2. The molecule has 1 aromatic heterocycles. The number of nitrogens with two attached hydrogens (primary N) is 2. The number of ether oxygens (including phenoxy) is 1. The molecule has 0 aliphatic carbocycles. The Hall–Kier alpha value is -3.73. The van der Waals surface area contributed by atoms with Crippen LogP contribution in [0, 0.1) is 13.8 Å². The van der Waals surface area contributed by atoms with E-state index in [1.807, 2.05) is 32.0 Å². The number of rotatable bonds is 13. The molecule has 17 heteroatoms. The first-order chi connectivity index (χ1) is 25.1. The summed E-state index contributed by atoms with van der Waals surface area (Å²) < 4.78 is 36.5. The molecule has 3 aromatic rings. The number of nitrogens with zero attached hydrogens (tertiary/aromatic N) is 6. The molecule has 2 amide bonds. The predicted octanol–water partition coefficient (Wildman–Crippen LogP) is 2.75. The number of hydrogen-bond donors (Lipinski definition) is 3. The van der Waals surface area contributed by atoms with Crippen LogP contribution in [0.15, 0.2) is 46.3 Å². The van der Waals surface area contributed by atoms with Crippen LogP contribution in [0.1, 0.15) is 37.1 Å². The number of aromatic nitrogens is 1. The minimum Gasteiger partial charge on any atom is -0.487 e. The molecule has 14 nitrogen and oxygen atoms in total. The van der Waals surface area contributed by atoms with Gasteiger partial charge in [0.25, 0.3) is 0 Å². The molecular weight excluding hydrogens is 741 g/mol. The minimum absolute atomic E-state index is 0.00381. The number of para-hydroxylation sites is 1. The Morgan fingerprint density at radius 3 is 2.30 bits per heavy atom. The number of nitrogens with one attached hydrogen (secondary N) is 1. The van der Waals surface area contributed by atoms with E-state index >= 15 is 0 Å². The Morgan fingerprint density at radius 2 is 1.64 bits per heavy atom. The predicted molar refractivity (Wildman–Crippen MR) is 208 cm³/mol. The number of guanidine groups is 1. The van der Waals surface area contributed by atoms with E-state index in [0.29, 0.717) is 37.4 Å². The fourth-order valence-electron chi connectivity index (χ4n) is 6.65. The van der Waals surface area contributed by atoms with Crippen molar-refractivity contribution in [3.8, 4) is 5.75 Å². The number of halogens is 2. The fourth-order valence-corrected chi connectivity index (χ4v) is 8.97. The molecule has 5 N–H and O–H groups in total. The van der Waals surface area contributed by atoms with Crippen molar-refractivity contribution in [3.63, 3.8) is 0 Å². The third-order valence-electron chi connectivity index (χ3n) is 9.94. The van der Waals surface area contributed by atoms with Crippen LogP contribution in [0.4, 0.5) is 0 Å². The first kappa shape index (κ1) is 40.5. The highest BCUT2D eigenvalue weighted by atomic mass is 35.5. The van der Waals surface area contributed by atoms with Gasteiger partial charge in [-0.3, -0.25) is 24.4 Å². The number of aliphatic imine (C=N–C) groups is 1. The monoisotopic (exact) mass is 789 g/mol. The van der Waals surface area contributed by atoms with Crippen LogP contribution in [-0.2, 0) is 26.2 Å².